The largest absolute Gasteiger partial charge is 0.265 e. The normalized spacial score (nSPS) is 11.2. The molecule has 0 radical (unpaired) electrons. The highest BCUT2D eigenvalue weighted by molar-refractivity contribution is 7.98. The first-order valence-electron chi connectivity index (χ1n) is 12.1. The first kappa shape index (κ1) is 24.0. The molecule has 0 saturated carbocycles. The molecule has 0 unspecified atom stereocenters. The molecule has 3 aromatic heterocycles. The predicted molar refractivity (Wildman–Crippen MR) is 149 cm³/mol. The molecule has 0 saturated heterocycles. The molecule has 3 aromatic carbocycles. The minimum atomic E-state index is -0.322. The van der Waals surface area contributed by atoms with Crippen LogP contribution in [0.25, 0.3) is 44.5 Å². The number of aromatic nitrogens is 4. The van der Waals surface area contributed by atoms with E-state index in [2.05, 4.69) is 29.2 Å². The summed E-state index contributed by atoms with van der Waals surface area (Å²) >= 11 is 1.70. The van der Waals surface area contributed by atoms with Crippen molar-refractivity contribution in [2.75, 3.05) is 6.26 Å². The molecule has 0 amide bonds. The summed E-state index contributed by atoms with van der Waals surface area (Å²) in [6, 6.07) is 24.9. The van der Waals surface area contributed by atoms with Crippen LogP contribution >= 0.6 is 11.8 Å². The van der Waals surface area contributed by atoms with Crippen molar-refractivity contribution in [3.63, 3.8) is 0 Å². The minimum absolute atomic E-state index is 0.312. The van der Waals surface area contributed by atoms with Gasteiger partial charge in [-0.3, -0.25) is 4.98 Å². The second kappa shape index (κ2) is 10.2. The van der Waals surface area contributed by atoms with Crippen molar-refractivity contribution in [3.05, 3.63) is 121 Å². The fourth-order valence-electron chi connectivity index (χ4n) is 4.64. The lowest BCUT2D eigenvalue weighted by Crippen LogP contribution is -2.04. The number of halogens is 2. The van der Waals surface area contributed by atoms with Gasteiger partial charge in [0, 0.05) is 39.4 Å². The second-order valence-electron chi connectivity index (χ2n) is 8.85. The Morgan fingerprint density at radius 3 is 1.95 bits per heavy atom. The van der Waals surface area contributed by atoms with Crippen molar-refractivity contribution in [1.82, 2.24) is 19.7 Å². The maximum atomic E-state index is 13.9. The van der Waals surface area contributed by atoms with Crippen LogP contribution in [0.1, 0.15) is 5.56 Å². The average molecular weight is 521 g/mol. The summed E-state index contributed by atoms with van der Waals surface area (Å²) < 4.78 is 29.7. The van der Waals surface area contributed by atoms with E-state index in [4.69, 9.17) is 10.1 Å². The van der Waals surface area contributed by atoms with Crippen molar-refractivity contribution in [3.8, 4) is 33.5 Å². The second-order valence-corrected chi connectivity index (χ2v) is 9.73. The molecule has 38 heavy (non-hydrogen) atoms. The third-order valence-corrected chi connectivity index (χ3v) is 7.24. The van der Waals surface area contributed by atoms with E-state index < -0.39 is 0 Å². The molecule has 3 heterocycles. The zero-order valence-electron chi connectivity index (χ0n) is 20.5. The average Bonchev–Trinajstić information content (AvgIpc) is 3.36. The van der Waals surface area contributed by atoms with E-state index in [0.717, 1.165) is 38.8 Å². The Balaban J connectivity index is 1.65. The number of thioether (sulfide) groups is 1. The predicted octanol–water partition coefficient (Wildman–Crippen LogP) is 7.88. The number of hydrogen-bond donors (Lipinski definition) is 0. The van der Waals surface area contributed by atoms with Gasteiger partial charge in [-0.1, -0.05) is 24.3 Å². The van der Waals surface area contributed by atoms with E-state index in [1.807, 2.05) is 29.3 Å². The number of rotatable bonds is 6. The molecular weight excluding hydrogens is 498 g/mol. The van der Waals surface area contributed by atoms with Crippen LogP contribution in [-0.2, 0) is 6.54 Å². The monoisotopic (exact) mass is 520 g/mol. The van der Waals surface area contributed by atoms with Crippen molar-refractivity contribution in [1.29, 1.82) is 0 Å². The molecule has 0 bridgehead atoms. The van der Waals surface area contributed by atoms with Crippen LogP contribution in [0.15, 0.2) is 108 Å². The lowest BCUT2D eigenvalue weighted by Gasteiger charge is -2.17. The van der Waals surface area contributed by atoms with Crippen LogP contribution < -0.4 is 0 Å². The van der Waals surface area contributed by atoms with E-state index in [1.165, 1.54) is 29.2 Å². The summed E-state index contributed by atoms with van der Waals surface area (Å²) in [5, 5.41) is 5.57. The number of fused-ring (bicyclic) bond motifs is 1. The minimum Gasteiger partial charge on any atom is -0.265 e. The first-order chi connectivity index (χ1) is 18.6. The fourth-order valence-corrected chi connectivity index (χ4v) is 5.05. The fraction of sp³-hybridized carbons (Fsp3) is 0.0645. The molecule has 0 atom stereocenters. The molecule has 0 N–H and O–H groups in total. The molecule has 0 aliphatic rings. The van der Waals surface area contributed by atoms with Crippen molar-refractivity contribution < 1.29 is 8.78 Å². The summed E-state index contributed by atoms with van der Waals surface area (Å²) in [5.41, 5.74) is 6.69. The Kier molecular flexibility index (Phi) is 6.43. The van der Waals surface area contributed by atoms with Gasteiger partial charge in [-0.2, -0.15) is 5.10 Å². The Bertz CT molecular complexity index is 1710. The Hall–Kier alpha value is -4.36. The van der Waals surface area contributed by atoms with E-state index in [-0.39, 0.29) is 11.6 Å². The lowest BCUT2D eigenvalue weighted by molar-refractivity contribution is 0.627. The lowest BCUT2D eigenvalue weighted by atomic mass is 9.89. The van der Waals surface area contributed by atoms with Gasteiger partial charge < -0.3 is 0 Å². The van der Waals surface area contributed by atoms with Gasteiger partial charge in [0.2, 0.25) is 0 Å². The smallest absolute Gasteiger partial charge is 0.159 e. The molecule has 0 aliphatic carbocycles. The number of pyridine rings is 2. The molecule has 4 nitrogen and oxygen atoms in total. The van der Waals surface area contributed by atoms with Gasteiger partial charge in [-0.15, -0.1) is 11.8 Å². The summed E-state index contributed by atoms with van der Waals surface area (Å²) in [7, 11) is 0. The summed E-state index contributed by atoms with van der Waals surface area (Å²) in [4.78, 5) is 10.5. The highest BCUT2D eigenvalue weighted by Gasteiger charge is 2.22. The van der Waals surface area contributed by atoms with Crippen LogP contribution in [0.4, 0.5) is 8.78 Å². The molecule has 0 fully saturated rings. The molecule has 0 spiro atoms. The van der Waals surface area contributed by atoms with Crippen LogP contribution in [0.2, 0.25) is 0 Å². The molecular formula is C31H22F2N4S. The Morgan fingerprint density at radius 1 is 0.711 bits per heavy atom. The summed E-state index contributed by atoms with van der Waals surface area (Å²) in [6.45, 7) is 0.533. The van der Waals surface area contributed by atoms with Gasteiger partial charge in [0.15, 0.2) is 5.65 Å². The van der Waals surface area contributed by atoms with Crippen LogP contribution in [0.5, 0.6) is 0 Å². The van der Waals surface area contributed by atoms with E-state index in [9.17, 15) is 8.78 Å². The maximum Gasteiger partial charge on any atom is 0.159 e. The zero-order valence-corrected chi connectivity index (χ0v) is 21.3. The van der Waals surface area contributed by atoms with Gasteiger partial charge in [0.25, 0.3) is 0 Å². The van der Waals surface area contributed by atoms with Crippen molar-refractivity contribution in [2.45, 2.75) is 11.4 Å². The summed E-state index contributed by atoms with van der Waals surface area (Å²) in [6.07, 6.45) is 7.32. The molecule has 186 valence electrons. The van der Waals surface area contributed by atoms with E-state index >= 15 is 0 Å². The number of nitrogens with zero attached hydrogens (tertiary/aromatic N) is 4. The molecule has 7 heteroatoms. The van der Waals surface area contributed by atoms with Gasteiger partial charge >= 0.3 is 0 Å². The molecule has 6 aromatic rings. The third kappa shape index (κ3) is 4.57. The van der Waals surface area contributed by atoms with Gasteiger partial charge in [-0.25, -0.2) is 18.4 Å². The maximum absolute atomic E-state index is 13.9. The summed E-state index contributed by atoms with van der Waals surface area (Å²) in [5.74, 6) is -0.634. The van der Waals surface area contributed by atoms with Crippen LogP contribution in [-0.4, -0.2) is 26.0 Å². The third-order valence-electron chi connectivity index (χ3n) is 6.50. The SMILES string of the molecule is CSc1ccc(Cn2ncc3c(-c4ccc(F)cc4)c(-c4ccncc4)c(-c4ccc(F)cc4)nc32)cc1. The van der Waals surface area contributed by atoms with Crippen molar-refractivity contribution in [2.24, 2.45) is 0 Å². The Morgan fingerprint density at radius 2 is 1.32 bits per heavy atom. The zero-order chi connectivity index (χ0) is 26.1. The topological polar surface area (TPSA) is 43.6 Å². The number of hydrogen-bond acceptors (Lipinski definition) is 4. The van der Waals surface area contributed by atoms with Gasteiger partial charge in [0.05, 0.1) is 18.4 Å². The molecule has 6 rings (SSSR count). The quantitative estimate of drug-likeness (QED) is 0.210. The van der Waals surface area contributed by atoms with Crippen LogP contribution in [0.3, 0.4) is 0 Å². The highest BCUT2D eigenvalue weighted by Crippen LogP contribution is 2.43. The Labute approximate surface area is 223 Å². The van der Waals surface area contributed by atoms with E-state index in [1.54, 1.807) is 48.4 Å². The number of benzene rings is 3. The highest BCUT2D eigenvalue weighted by atomic mass is 32.2. The standard InChI is InChI=1S/C31H22F2N4S/c1-38-26-12-2-20(3-13-26)19-37-31-27(18-35-37)28(21-4-8-24(32)9-5-21)29(22-14-16-34-17-15-22)30(36-31)23-6-10-25(33)11-7-23/h2-18H,19H2,1H3. The van der Waals surface area contributed by atoms with E-state index in [0.29, 0.717) is 17.9 Å². The van der Waals surface area contributed by atoms with Gasteiger partial charge in [-0.05, 0) is 83.6 Å². The van der Waals surface area contributed by atoms with Gasteiger partial charge in [0.1, 0.15) is 11.6 Å². The van der Waals surface area contributed by atoms with Crippen LogP contribution in [0, 0.1) is 11.6 Å². The first-order valence-corrected chi connectivity index (χ1v) is 13.3. The van der Waals surface area contributed by atoms with Crippen molar-refractivity contribution >= 4 is 22.8 Å². The molecule has 0 aliphatic heterocycles.